The quantitative estimate of drug-likeness (QED) is 0.862. The van der Waals surface area contributed by atoms with Crippen molar-refractivity contribution in [2.75, 3.05) is 5.32 Å². The first-order valence-corrected chi connectivity index (χ1v) is 7.91. The molecule has 0 amide bonds. The van der Waals surface area contributed by atoms with Crippen LogP contribution in [0.5, 0.6) is 0 Å². The van der Waals surface area contributed by atoms with Gasteiger partial charge in [0.05, 0.1) is 11.2 Å². The molecule has 0 aliphatic carbocycles. The number of nitrogens with one attached hydrogen (secondary N) is 1. The van der Waals surface area contributed by atoms with Gasteiger partial charge >= 0.3 is 7.12 Å². The van der Waals surface area contributed by atoms with E-state index in [1.54, 1.807) is 0 Å². The summed E-state index contributed by atoms with van der Waals surface area (Å²) in [4.78, 5) is 0. The van der Waals surface area contributed by atoms with Crippen LogP contribution >= 0.6 is 0 Å². The number of benzene rings is 1. The maximum Gasteiger partial charge on any atom is 0.494 e. The molecule has 1 heterocycles. The summed E-state index contributed by atoms with van der Waals surface area (Å²) < 4.78 is 12.3. The predicted molar refractivity (Wildman–Crippen MR) is 90.3 cm³/mol. The Hall–Kier alpha value is -0.995. The lowest BCUT2D eigenvalue weighted by Gasteiger charge is -2.32. The minimum absolute atomic E-state index is 0.284. The monoisotopic (exact) mass is 289 g/mol. The van der Waals surface area contributed by atoms with E-state index >= 15 is 0 Å². The standard InChI is InChI=1S/C17H28BNO2/c1-8-13-11-14(9-10-15(13)19-12(2)3)18-20-16(4,5)17(6,7)21-18/h9-12,19H,8H2,1-7H3. The summed E-state index contributed by atoms with van der Waals surface area (Å²) in [6.07, 6.45) is 0.988. The van der Waals surface area contributed by atoms with Crippen molar-refractivity contribution >= 4 is 18.3 Å². The van der Waals surface area contributed by atoms with Crippen LogP contribution in [-0.4, -0.2) is 24.4 Å². The molecule has 0 saturated carbocycles. The molecular formula is C17H28BNO2. The fourth-order valence-electron chi connectivity index (χ4n) is 2.48. The third-order valence-corrected chi connectivity index (χ3v) is 4.48. The van der Waals surface area contributed by atoms with Crippen LogP contribution in [0.3, 0.4) is 0 Å². The summed E-state index contributed by atoms with van der Waals surface area (Å²) in [5, 5.41) is 3.49. The highest BCUT2D eigenvalue weighted by Gasteiger charge is 2.51. The largest absolute Gasteiger partial charge is 0.494 e. The summed E-state index contributed by atoms with van der Waals surface area (Å²) in [5.41, 5.74) is 3.01. The van der Waals surface area contributed by atoms with Crippen LogP contribution in [-0.2, 0) is 15.7 Å². The van der Waals surface area contributed by atoms with Crippen molar-refractivity contribution in [2.45, 2.75) is 72.1 Å². The second kappa shape index (κ2) is 5.66. The number of hydrogen-bond donors (Lipinski definition) is 1. The Morgan fingerprint density at radius 1 is 1.10 bits per heavy atom. The summed E-state index contributed by atoms with van der Waals surface area (Å²) >= 11 is 0. The third kappa shape index (κ3) is 3.27. The molecule has 0 spiro atoms. The zero-order valence-electron chi connectivity index (χ0n) is 14.4. The van der Waals surface area contributed by atoms with Crippen LogP contribution in [0.15, 0.2) is 18.2 Å². The van der Waals surface area contributed by atoms with Crippen LogP contribution < -0.4 is 10.8 Å². The van der Waals surface area contributed by atoms with Crippen molar-refractivity contribution in [2.24, 2.45) is 0 Å². The van der Waals surface area contributed by atoms with Crippen LogP contribution in [0.25, 0.3) is 0 Å². The van der Waals surface area contributed by atoms with Gasteiger partial charge in [-0.05, 0) is 65.1 Å². The van der Waals surface area contributed by atoms with E-state index in [1.807, 2.05) is 0 Å². The van der Waals surface area contributed by atoms with E-state index in [9.17, 15) is 0 Å². The van der Waals surface area contributed by atoms with Crippen LogP contribution in [0.1, 0.15) is 54.0 Å². The van der Waals surface area contributed by atoms with Gasteiger partial charge in [-0.15, -0.1) is 0 Å². The highest BCUT2D eigenvalue weighted by molar-refractivity contribution is 6.62. The van der Waals surface area contributed by atoms with E-state index in [2.05, 4.69) is 72.0 Å². The molecule has 1 fully saturated rings. The highest BCUT2D eigenvalue weighted by atomic mass is 16.7. The highest BCUT2D eigenvalue weighted by Crippen LogP contribution is 2.36. The average Bonchev–Trinajstić information content (AvgIpc) is 2.58. The lowest BCUT2D eigenvalue weighted by atomic mass is 9.78. The van der Waals surface area contributed by atoms with Gasteiger partial charge in [0.25, 0.3) is 0 Å². The van der Waals surface area contributed by atoms with Gasteiger partial charge < -0.3 is 14.6 Å². The molecule has 0 bridgehead atoms. The molecule has 2 rings (SSSR count). The molecule has 1 N–H and O–H groups in total. The van der Waals surface area contributed by atoms with Crippen LogP contribution in [0, 0.1) is 0 Å². The molecule has 1 aromatic carbocycles. The number of rotatable bonds is 4. The molecular weight excluding hydrogens is 261 g/mol. The van der Waals surface area contributed by atoms with Gasteiger partial charge in [-0.2, -0.15) is 0 Å². The second-order valence-electron chi connectivity index (χ2n) is 7.16. The zero-order chi connectivity index (χ0) is 15.8. The maximum absolute atomic E-state index is 6.13. The van der Waals surface area contributed by atoms with Gasteiger partial charge in [0, 0.05) is 11.7 Å². The van der Waals surface area contributed by atoms with E-state index in [1.165, 1.54) is 11.3 Å². The first-order chi connectivity index (χ1) is 9.66. The molecule has 1 saturated heterocycles. The molecule has 0 atom stereocenters. The SMILES string of the molecule is CCc1cc(B2OC(C)(C)C(C)(C)O2)ccc1NC(C)C. The van der Waals surface area contributed by atoms with Gasteiger partial charge in [0.1, 0.15) is 0 Å². The Labute approximate surface area is 129 Å². The van der Waals surface area contributed by atoms with Crippen molar-refractivity contribution in [1.29, 1.82) is 0 Å². The van der Waals surface area contributed by atoms with Crippen LogP contribution in [0.2, 0.25) is 0 Å². The van der Waals surface area contributed by atoms with Crippen molar-refractivity contribution in [3.05, 3.63) is 23.8 Å². The van der Waals surface area contributed by atoms with E-state index in [-0.39, 0.29) is 18.3 Å². The molecule has 21 heavy (non-hydrogen) atoms. The second-order valence-corrected chi connectivity index (χ2v) is 7.16. The first kappa shape index (κ1) is 16.4. The van der Waals surface area contributed by atoms with Gasteiger partial charge in [0.15, 0.2) is 0 Å². The molecule has 116 valence electrons. The Bertz CT molecular complexity index is 496. The predicted octanol–water partition coefficient (Wildman–Crippen LogP) is 3.37. The van der Waals surface area contributed by atoms with Gasteiger partial charge in [-0.1, -0.05) is 19.1 Å². The topological polar surface area (TPSA) is 30.5 Å². The minimum atomic E-state index is -0.293. The van der Waals surface area contributed by atoms with Gasteiger partial charge in [0.2, 0.25) is 0 Å². The molecule has 1 aliphatic heterocycles. The van der Waals surface area contributed by atoms with Crippen molar-refractivity contribution in [3.63, 3.8) is 0 Å². The van der Waals surface area contributed by atoms with Crippen molar-refractivity contribution in [3.8, 4) is 0 Å². The Morgan fingerprint density at radius 3 is 2.14 bits per heavy atom. The van der Waals surface area contributed by atoms with Gasteiger partial charge in [-0.3, -0.25) is 0 Å². The minimum Gasteiger partial charge on any atom is -0.399 e. The molecule has 4 heteroatoms. The fourth-order valence-corrected chi connectivity index (χ4v) is 2.48. The van der Waals surface area contributed by atoms with Crippen LogP contribution in [0.4, 0.5) is 5.69 Å². The molecule has 0 aromatic heterocycles. The van der Waals surface area contributed by atoms with Crippen molar-refractivity contribution < 1.29 is 9.31 Å². The van der Waals surface area contributed by atoms with Gasteiger partial charge in [-0.25, -0.2) is 0 Å². The molecule has 0 unspecified atom stereocenters. The summed E-state index contributed by atoms with van der Waals surface area (Å²) in [6.45, 7) is 14.8. The lowest BCUT2D eigenvalue weighted by molar-refractivity contribution is 0.00578. The molecule has 0 radical (unpaired) electrons. The Kier molecular flexibility index (Phi) is 4.41. The normalized spacial score (nSPS) is 20.1. The van der Waals surface area contributed by atoms with Crippen molar-refractivity contribution in [1.82, 2.24) is 0 Å². The summed E-state index contributed by atoms with van der Waals surface area (Å²) in [7, 11) is -0.284. The maximum atomic E-state index is 6.13. The first-order valence-electron chi connectivity index (χ1n) is 7.91. The molecule has 1 aromatic rings. The number of aryl methyl sites for hydroxylation is 1. The van der Waals surface area contributed by atoms with E-state index < -0.39 is 0 Å². The average molecular weight is 289 g/mol. The lowest BCUT2D eigenvalue weighted by Crippen LogP contribution is -2.41. The Balaban J connectivity index is 2.26. The summed E-state index contributed by atoms with van der Waals surface area (Å²) in [5.74, 6) is 0. The molecule has 1 aliphatic rings. The zero-order valence-corrected chi connectivity index (χ0v) is 14.4. The molecule has 3 nitrogen and oxygen atoms in total. The smallest absolute Gasteiger partial charge is 0.399 e. The van der Waals surface area contributed by atoms with E-state index in [0.29, 0.717) is 6.04 Å². The van der Waals surface area contributed by atoms with E-state index in [4.69, 9.17) is 9.31 Å². The number of hydrogen-bond acceptors (Lipinski definition) is 3. The Morgan fingerprint density at radius 2 is 1.67 bits per heavy atom. The number of anilines is 1. The summed E-state index contributed by atoms with van der Waals surface area (Å²) in [6, 6.07) is 6.87. The third-order valence-electron chi connectivity index (χ3n) is 4.48. The fraction of sp³-hybridized carbons (Fsp3) is 0.647. The van der Waals surface area contributed by atoms with E-state index in [0.717, 1.165) is 11.9 Å².